The maximum Gasteiger partial charge on any atom is 0.340 e. The van der Waals surface area contributed by atoms with Crippen LogP contribution in [0.25, 0.3) is 0 Å². The highest BCUT2D eigenvalue weighted by Gasteiger charge is 2.22. The summed E-state index contributed by atoms with van der Waals surface area (Å²) in [6, 6.07) is 3.56. The Hall–Kier alpha value is -1.34. The molecular formula is C9H9NO2S. The first kappa shape index (κ1) is 9.75. The van der Waals surface area contributed by atoms with Crippen LogP contribution < -0.4 is 0 Å². The summed E-state index contributed by atoms with van der Waals surface area (Å²) in [5, 5.41) is 12.1. The Labute approximate surface area is 80.6 Å². The Bertz CT molecular complexity index is 335. The van der Waals surface area contributed by atoms with Crippen molar-refractivity contribution in [1.29, 1.82) is 5.26 Å². The van der Waals surface area contributed by atoms with E-state index in [1.54, 1.807) is 30.7 Å². The van der Waals surface area contributed by atoms with Crippen LogP contribution in [0.4, 0.5) is 0 Å². The van der Waals surface area contributed by atoms with Crippen LogP contribution in [0.5, 0.6) is 0 Å². The van der Waals surface area contributed by atoms with Crippen molar-refractivity contribution in [1.82, 2.24) is 0 Å². The number of nitrogens with zero attached hydrogens (tertiary/aromatic N) is 1. The molecule has 1 aromatic heterocycles. The molecule has 0 spiro atoms. The summed E-state index contributed by atoms with van der Waals surface area (Å²) in [5.74, 6) is -0.451. The lowest BCUT2D eigenvalue weighted by atomic mass is 10.2. The first-order valence-electron chi connectivity index (χ1n) is 3.72. The molecule has 1 rings (SSSR count). The van der Waals surface area contributed by atoms with Crippen LogP contribution in [0.1, 0.15) is 24.2 Å². The fourth-order valence-corrected chi connectivity index (χ4v) is 1.32. The largest absolute Gasteiger partial charge is 0.441 e. The van der Waals surface area contributed by atoms with E-state index in [0.717, 1.165) is 0 Å². The molecule has 0 aromatic carbocycles. The van der Waals surface area contributed by atoms with Crippen LogP contribution >= 0.6 is 11.3 Å². The number of carbonyl (C=O) groups excluding carboxylic acids is 1. The Morgan fingerprint density at radius 1 is 1.69 bits per heavy atom. The van der Waals surface area contributed by atoms with Gasteiger partial charge in [-0.25, -0.2) is 4.79 Å². The Balaban J connectivity index is 2.68. The molecule has 4 heteroatoms. The maximum absolute atomic E-state index is 11.3. The van der Waals surface area contributed by atoms with Crippen molar-refractivity contribution in [3.63, 3.8) is 0 Å². The van der Waals surface area contributed by atoms with Crippen molar-refractivity contribution < 1.29 is 9.53 Å². The first-order valence-corrected chi connectivity index (χ1v) is 4.66. The number of nitriles is 1. The molecule has 0 N–H and O–H groups in total. The third kappa shape index (κ3) is 2.56. The lowest BCUT2D eigenvalue weighted by molar-refractivity contribution is 0.0198. The van der Waals surface area contributed by atoms with Crippen molar-refractivity contribution in [3.8, 4) is 6.07 Å². The van der Waals surface area contributed by atoms with E-state index in [0.29, 0.717) is 5.56 Å². The van der Waals surface area contributed by atoms with Crippen molar-refractivity contribution >= 4 is 17.3 Å². The molecule has 0 aliphatic carbocycles. The smallest absolute Gasteiger partial charge is 0.340 e. The van der Waals surface area contributed by atoms with Gasteiger partial charge >= 0.3 is 5.97 Å². The molecule has 1 heterocycles. The molecule has 0 aliphatic rings. The predicted molar refractivity (Wildman–Crippen MR) is 49.4 cm³/mol. The Kier molecular flexibility index (Phi) is 2.69. The molecule has 0 aliphatic heterocycles. The fourth-order valence-electron chi connectivity index (χ4n) is 0.694. The molecule has 0 radical (unpaired) electrons. The number of hydrogen-bond acceptors (Lipinski definition) is 4. The average molecular weight is 195 g/mol. The zero-order valence-corrected chi connectivity index (χ0v) is 8.22. The third-order valence-corrected chi connectivity index (χ3v) is 2.06. The van der Waals surface area contributed by atoms with Crippen LogP contribution in [0.3, 0.4) is 0 Å². The second kappa shape index (κ2) is 3.58. The second-order valence-electron chi connectivity index (χ2n) is 3.02. The van der Waals surface area contributed by atoms with E-state index in [2.05, 4.69) is 0 Å². The summed E-state index contributed by atoms with van der Waals surface area (Å²) in [5.41, 5.74) is -0.563. The van der Waals surface area contributed by atoms with Gasteiger partial charge in [-0.2, -0.15) is 16.6 Å². The molecular weight excluding hydrogens is 186 g/mol. The maximum atomic E-state index is 11.3. The van der Waals surface area contributed by atoms with Gasteiger partial charge in [0, 0.05) is 5.38 Å². The van der Waals surface area contributed by atoms with Gasteiger partial charge in [-0.05, 0) is 25.3 Å². The third-order valence-electron chi connectivity index (χ3n) is 1.37. The summed E-state index contributed by atoms with van der Waals surface area (Å²) in [7, 11) is 0. The number of esters is 1. The van der Waals surface area contributed by atoms with Crippen molar-refractivity contribution in [2.75, 3.05) is 0 Å². The summed E-state index contributed by atoms with van der Waals surface area (Å²) in [6.45, 7) is 3.11. The highest BCUT2D eigenvalue weighted by atomic mass is 32.1. The van der Waals surface area contributed by atoms with Crippen LogP contribution in [0.2, 0.25) is 0 Å². The standard InChI is InChI=1S/C9H9NO2S/c1-9(2,6-10)12-8(11)7-3-4-13-5-7/h3-5H,1-2H3. The zero-order valence-electron chi connectivity index (χ0n) is 7.40. The zero-order chi connectivity index (χ0) is 9.90. The van der Waals surface area contributed by atoms with Crippen molar-refractivity contribution in [2.24, 2.45) is 0 Å². The lowest BCUT2D eigenvalue weighted by Gasteiger charge is -2.15. The van der Waals surface area contributed by atoms with E-state index in [1.807, 2.05) is 6.07 Å². The quantitative estimate of drug-likeness (QED) is 0.680. The molecule has 13 heavy (non-hydrogen) atoms. The van der Waals surface area contributed by atoms with Gasteiger partial charge in [0.15, 0.2) is 5.60 Å². The van der Waals surface area contributed by atoms with Crippen LogP contribution in [-0.2, 0) is 4.74 Å². The van der Waals surface area contributed by atoms with Gasteiger partial charge in [-0.15, -0.1) is 0 Å². The number of hydrogen-bond donors (Lipinski definition) is 0. The molecule has 0 bridgehead atoms. The van der Waals surface area contributed by atoms with Gasteiger partial charge < -0.3 is 4.74 Å². The number of thiophene rings is 1. The topological polar surface area (TPSA) is 50.1 Å². The second-order valence-corrected chi connectivity index (χ2v) is 3.80. The molecule has 1 aromatic rings. The molecule has 0 unspecified atom stereocenters. The van der Waals surface area contributed by atoms with E-state index >= 15 is 0 Å². The van der Waals surface area contributed by atoms with Crippen molar-refractivity contribution in [3.05, 3.63) is 22.4 Å². The molecule has 0 saturated carbocycles. The van der Waals surface area contributed by atoms with Crippen molar-refractivity contribution in [2.45, 2.75) is 19.4 Å². The SMILES string of the molecule is CC(C)(C#N)OC(=O)c1ccsc1. The van der Waals surface area contributed by atoms with Crippen LogP contribution in [0.15, 0.2) is 16.8 Å². The minimum absolute atomic E-state index is 0.451. The van der Waals surface area contributed by atoms with Gasteiger partial charge in [0.1, 0.15) is 6.07 Å². The number of rotatable bonds is 2. The number of ether oxygens (including phenoxy) is 1. The van der Waals surface area contributed by atoms with Gasteiger partial charge in [0.2, 0.25) is 0 Å². The average Bonchev–Trinajstić information content (AvgIpc) is 2.55. The molecule has 0 atom stereocenters. The Morgan fingerprint density at radius 3 is 2.85 bits per heavy atom. The number of carbonyl (C=O) groups is 1. The minimum Gasteiger partial charge on any atom is -0.441 e. The molecule has 68 valence electrons. The summed E-state index contributed by atoms with van der Waals surface area (Å²) >= 11 is 1.42. The fraction of sp³-hybridized carbons (Fsp3) is 0.333. The van der Waals surface area contributed by atoms with Crippen LogP contribution in [0, 0.1) is 11.3 Å². The molecule has 3 nitrogen and oxygen atoms in total. The van der Waals surface area contributed by atoms with Crippen LogP contribution in [-0.4, -0.2) is 11.6 Å². The summed E-state index contributed by atoms with van der Waals surface area (Å²) < 4.78 is 4.94. The van der Waals surface area contributed by atoms with Gasteiger partial charge in [-0.1, -0.05) is 0 Å². The highest BCUT2D eigenvalue weighted by Crippen LogP contribution is 2.13. The van der Waals surface area contributed by atoms with E-state index in [1.165, 1.54) is 11.3 Å². The lowest BCUT2D eigenvalue weighted by Crippen LogP contribution is -2.25. The van der Waals surface area contributed by atoms with E-state index in [9.17, 15) is 4.79 Å². The Morgan fingerprint density at radius 2 is 2.38 bits per heavy atom. The van der Waals surface area contributed by atoms with E-state index in [-0.39, 0.29) is 0 Å². The molecule has 0 saturated heterocycles. The highest BCUT2D eigenvalue weighted by molar-refractivity contribution is 7.08. The van der Waals surface area contributed by atoms with E-state index < -0.39 is 11.6 Å². The summed E-state index contributed by atoms with van der Waals surface area (Å²) in [6.07, 6.45) is 0. The van der Waals surface area contributed by atoms with E-state index in [4.69, 9.17) is 10.00 Å². The molecule has 0 fully saturated rings. The molecule has 0 amide bonds. The minimum atomic E-state index is -1.06. The predicted octanol–water partition coefficient (Wildman–Crippen LogP) is 2.21. The van der Waals surface area contributed by atoms with Gasteiger partial charge in [0.05, 0.1) is 5.56 Å². The monoisotopic (exact) mass is 195 g/mol. The normalized spacial score (nSPS) is 10.5. The van der Waals surface area contributed by atoms with Gasteiger partial charge in [-0.3, -0.25) is 0 Å². The van der Waals surface area contributed by atoms with Gasteiger partial charge in [0.25, 0.3) is 0 Å². The summed E-state index contributed by atoms with van der Waals surface area (Å²) in [4.78, 5) is 11.3. The first-order chi connectivity index (χ1) is 6.05.